The number of thioether (sulfide) groups is 1. The number of hydrogen-bond acceptors (Lipinski definition) is 4. The average Bonchev–Trinajstić information content (AvgIpc) is 2.35. The molecule has 0 aromatic carbocycles. The normalized spacial score (nSPS) is 23.4. The molecule has 4 heteroatoms. The second-order valence-corrected chi connectivity index (χ2v) is 6.88. The maximum absolute atomic E-state index is 4.65. The molecule has 0 aliphatic heterocycles. The number of nitrogens with one attached hydrogen (secondary N) is 1. The lowest BCUT2D eigenvalue weighted by atomic mass is 9.91. The van der Waals surface area contributed by atoms with E-state index in [0.717, 1.165) is 29.4 Å². The number of rotatable bonds is 4. The van der Waals surface area contributed by atoms with E-state index in [9.17, 15) is 0 Å². The van der Waals surface area contributed by atoms with Crippen LogP contribution in [0.5, 0.6) is 0 Å². The average molecular weight is 279 g/mol. The van der Waals surface area contributed by atoms with Gasteiger partial charge in [-0.25, -0.2) is 9.97 Å². The number of aryl methyl sites for hydroxylation is 1. The Hall–Kier alpha value is -0.770. The molecule has 0 radical (unpaired) electrons. The summed E-state index contributed by atoms with van der Waals surface area (Å²) in [5, 5.41) is 5.24. The van der Waals surface area contributed by atoms with Crippen LogP contribution in [0, 0.1) is 19.8 Å². The fraction of sp³-hybridized carbons (Fsp3) is 0.733. The zero-order valence-corrected chi connectivity index (χ0v) is 13.3. The summed E-state index contributed by atoms with van der Waals surface area (Å²) in [5.74, 6) is 2.73. The van der Waals surface area contributed by atoms with Crippen molar-refractivity contribution in [3.05, 3.63) is 11.4 Å². The van der Waals surface area contributed by atoms with Crippen molar-refractivity contribution < 1.29 is 0 Å². The third-order valence-corrected chi connectivity index (χ3v) is 5.11. The molecule has 2 unspecified atom stereocenters. The zero-order valence-electron chi connectivity index (χ0n) is 12.5. The third kappa shape index (κ3) is 3.85. The van der Waals surface area contributed by atoms with Crippen LogP contribution in [0.1, 0.15) is 50.9 Å². The molecule has 1 aromatic heterocycles. The fourth-order valence-electron chi connectivity index (χ4n) is 2.70. The first-order chi connectivity index (χ1) is 9.10. The number of aromatic nitrogens is 2. The van der Waals surface area contributed by atoms with Crippen molar-refractivity contribution in [3.8, 4) is 0 Å². The van der Waals surface area contributed by atoms with E-state index in [-0.39, 0.29) is 0 Å². The van der Waals surface area contributed by atoms with E-state index < -0.39 is 0 Å². The molecule has 1 aliphatic carbocycles. The maximum Gasteiger partial charge on any atom is 0.133 e. The highest BCUT2D eigenvalue weighted by atomic mass is 32.2. The summed E-state index contributed by atoms with van der Waals surface area (Å²) in [4.78, 5) is 9.14. The number of hydrogen-bond donors (Lipinski definition) is 1. The molecule has 1 saturated carbocycles. The van der Waals surface area contributed by atoms with Gasteiger partial charge in [-0.3, -0.25) is 0 Å². The Morgan fingerprint density at radius 1 is 1.26 bits per heavy atom. The molecule has 2 rings (SSSR count). The molecule has 19 heavy (non-hydrogen) atoms. The van der Waals surface area contributed by atoms with Crippen LogP contribution in [-0.2, 0) is 0 Å². The first-order valence-electron chi connectivity index (χ1n) is 7.36. The predicted octanol–water partition coefficient (Wildman–Crippen LogP) is 4.20. The van der Waals surface area contributed by atoms with Gasteiger partial charge in [-0.1, -0.05) is 19.8 Å². The van der Waals surface area contributed by atoms with Gasteiger partial charge < -0.3 is 5.32 Å². The largest absolute Gasteiger partial charge is 0.370 e. The van der Waals surface area contributed by atoms with Crippen molar-refractivity contribution in [1.29, 1.82) is 0 Å². The minimum atomic E-state index is 0.728. The summed E-state index contributed by atoms with van der Waals surface area (Å²) >= 11 is 1.96. The Kier molecular flexibility index (Phi) is 5.08. The number of nitrogens with zero attached hydrogens (tertiary/aromatic N) is 2. The molecule has 3 nitrogen and oxygen atoms in total. The Bertz CT molecular complexity index is 434. The van der Waals surface area contributed by atoms with Gasteiger partial charge in [0.1, 0.15) is 16.7 Å². The summed E-state index contributed by atoms with van der Waals surface area (Å²) in [6.07, 6.45) is 5.40. The zero-order chi connectivity index (χ0) is 13.8. The van der Waals surface area contributed by atoms with E-state index >= 15 is 0 Å². The lowest BCUT2D eigenvalue weighted by Gasteiger charge is -2.26. The van der Waals surface area contributed by atoms with Crippen molar-refractivity contribution in [3.63, 3.8) is 0 Å². The summed E-state index contributed by atoms with van der Waals surface area (Å²) in [6.45, 7) is 9.49. The Morgan fingerprint density at radius 3 is 2.74 bits per heavy atom. The molecule has 1 fully saturated rings. The lowest BCUT2D eigenvalue weighted by molar-refractivity contribution is 0.394. The lowest BCUT2D eigenvalue weighted by Crippen LogP contribution is -2.16. The van der Waals surface area contributed by atoms with Crippen molar-refractivity contribution >= 4 is 17.6 Å². The Labute approximate surface area is 121 Å². The summed E-state index contributed by atoms with van der Waals surface area (Å²) in [6, 6.07) is 0. The molecular formula is C15H25N3S. The van der Waals surface area contributed by atoms with Gasteiger partial charge in [-0.2, -0.15) is 0 Å². The van der Waals surface area contributed by atoms with E-state index in [0.29, 0.717) is 0 Å². The van der Waals surface area contributed by atoms with Crippen LogP contribution in [0.3, 0.4) is 0 Å². The standard InChI is InChI=1S/C15H25N3S/c1-5-16-14-11(3)15(18-12(4)17-14)19-13-8-6-7-10(2)9-13/h10,13H,5-9H2,1-4H3,(H,16,17,18). The van der Waals surface area contributed by atoms with Crippen LogP contribution in [-0.4, -0.2) is 21.8 Å². The van der Waals surface area contributed by atoms with Crippen LogP contribution in [0.4, 0.5) is 5.82 Å². The molecule has 1 aromatic rings. The Morgan fingerprint density at radius 2 is 2.05 bits per heavy atom. The minimum Gasteiger partial charge on any atom is -0.370 e. The van der Waals surface area contributed by atoms with E-state index in [1.807, 2.05) is 18.7 Å². The smallest absolute Gasteiger partial charge is 0.133 e. The molecule has 0 spiro atoms. The van der Waals surface area contributed by atoms with Gasteiger partial charge in [-0.15, -0.1) is 11.8 Å². The highest BCUT2D eigenvalue weighted by molar-refractivity contribution is 7.99. The van der Waals surface area contributed by atoms with Crippen LogP contribution >= 0.6 is 11.8 Å². The number of anilines is 1. The summed E-state index contributed by atoms with van der Waals surface area (Å²) < 4.78 is 0. The SMILES string of the molecule is CCNc1nc(C)nc(SC2CCCC(C)C2)c1C. The van der Waals surface area contributed by atoms with Gasteiger partial charge in [-0.05, 0) is 39.5 Å². The summed E-state index contributed by atoms with van der Waals surface area (Å²) in [5.41, 5.74) is 1.20. The fourth-order valence-corrected chi connectivity index (χ4v) is 4.18. The van der Waals surface area contributed by atoms with Crippen LogP contribution in [0.15, 0.2) is 5.03 Å². The van der Waals surface area contributed by atoms with Gasteiger partial charge in [0, 0.05) is 17.4 Å². The molecule has 2 atom stereocenters. The van der Waals surface area contributed by atoms with E-state index in [1.165, 1.54) is 36.3 Å². The monoisotopic (exact) mass is 279 g/mol. The van der Waals surface area contributed by atoms with Gasteiger partial charge in [0.25, 0.3) is 0 Å². The van der Waals surface area contributed by atoms with E-state index in [1.54, 1.807) is 0 Å². The highest BCUT2D eigenvalue weighted by Crippen LogP contribution is 2.37. The first-order valence-corrected chi connectivity index (χ1v) is 8.23. The molecule has 0 amide bonds. The van der Waals surface area contributed by atoms with Crippen molar-refractivity contribution in [2.24, 2.45) is 5.92 Å². The molecule has 106 valence electrons. The van der Waals surface area contributed by atoms with Gasteiger partial charge in [0.2, 0.25) is 0 Å². The van der Waals surface area contributed by atoms with Gasteiger partial charge in [0.15, 0.2) is 0 Å². The quantitative estimate of drug-likeness (QED) is 0.838. The minimum absolute atomic E-state index is 0.728. The van der Waals surface area contributed by atoms with E-state index in [4.69, 9.17) is 0 Å². The topological polar surface area (TPSA) is 37.8 Å². The third-order valence-electron chi connectivity index (χ3n) is 3.72. The molecular weight excluding hydrogens is 254 g/mol. The second-order valence-electron chi connectivity index (χ2n) is 5.59. The Balaban J connectivity index is 2.14. The van der Waals surface area contributed by atoms with Gasteiger partial charge >= 0.3 is 0 Å². The highest BCUT2D eigenvalue weighted by Gasteiger charge is 2.21. The van der Waals surface area contributed by atoms with Gasteiger partial charge in [0.05, 0.1) is 0 Å². The summed E-state index contributed by atoms with van der Waals surface area (Å²) in [7, 11) is 0. The molecule has 0 bridgehead atoms. The second kappa shape index (κ2) is 6.60. The van der Waals surface area contributed by atoms with Crippen LogP contribution < -0.4 is 5.32 Å². The van der Waals surface area contributed by atoms with Crippen molar-refractivity contribution in [1.82, 2.24) is 9.97 Å². The van der Waals surface area contributed by atoms with Crippen LogP contribution in [0.2, 0.25) is 0 Å². The molecule has 1 N–H and O–H groups in total. The van der Waals surface area contributed by atoms with E-state index in [2.05, 4.69) is 36.1 Å². The predicted molar refractivity (Wildman–Crippen MR) is 82.9 cm³/mol. The molecule has 1 heterocycles. The first kappa shape index (κ1) is 14.6. The molecule has 1 aliphatic rings. The van der Waals surface area contributed by atoms with Crippen LogP contribution in [0.25, 0.3) is 0 Å². The van der Waals surface area contributed by atoms with Crippen molar-refractivity contribution in [2.75, 3.05) is 11.9 Å². The van der Waals surface area contributed by atoms with Crippen molar-refractivity contribution in [2.45, 2.75) is 63.7 Å². The maximum atomic E-state index is 4.65. The molecule has 0 saturated heterocycles.